The molecular weight excluding hydrogens is 426 g/mol. The fourth-order valence-corrected chi connectivity index (χ4v) is 2.76. The first-order chi connectivity index (χ1) is 12.1. The Balaban J connectivity index is 2.40. The van der Waals surface area contributed by atoms with Crippen molar-refractivity contribution in [2.45, 2.75) is 0 Å². The van der Waals surface area contributed by atoms with Crippen LogP contribution in [-0.2, 0) is 9.59 Å². The minimum Gasteiger partial charge on any atom is -0.289 e. The minimum atomic E-state index is -1.24. The summed E-state index contributed by atoms with van der Waals surface area (Å²) >= 11 is 22.2. The van der Waals surface area contributed by atoms with Crippen molar-refractivity contribution in [1.82, 2.24) is 0 Å². The molecule has 0 spiro atoms. The number of carbonyl (C=O) groups excluding carboxylic acids is 5. The third kappa shape index (κ3) is 4.02. The lowest BCUT2D eigenvalue weighted by Gasteiger charge is -2.08. The summed E-state index contributed by atoms with van der Waals surface area (Å²) in [6.45, 7) is 0. The van der Waals surface area contributed by atoms with Crippen LogP contribution in [0.5, 0.6) is 0 Å². The van der Waals surface area contributed by atoms with E-state index in [-0.39, 0.29) is 32.3 Å². The second-order valence-corrected chi connectivity index (χ2v) is 6.34. The number of Topliss-reactive ketones (excluding diaryl/α,β-unsaturated/α-hetero) is 2. The van der Waals surface area contributed by atoms with Crippen molar-refractivity contribution in [2.75, 3.05) is 0 Å². The quantitative estimate of drug-likeness (QED) is 0.390. The number of rotatable bonds is 6. The summed E-state index contributed by atoms with van der Waals surface area (Å²) in [4.78, 5) is 57.5. The Morgan fingerprint density at radius 3 is 1.50 bits per heavy atom. The molecule has 0 atom stereocenters. The van der Waals surface area contributed by atoms with Gasteiger partial charge in [0.05, 0.1) is 10.0 Å². The average molecular weight is 432 g/mol. The highest BCUT2D eigenvalue weighted by Gasteiger charge is 2.23. The van der Waals surface area contributed by atoms with Gasteiger partial charge in [-0.2, -0.15) is 0 Å². The smallest absolute Gasteiger partial charge is 0.289 e. The van der Waals surface area contributed by atoms with Crippen LogP contribution in [0.15, 0.2) is 36.4 Å². The van der Waals surface area contributed by atoms with Gasteiger partial charge in [0.25, 0.3) is 10.5 Å². The summed E-state index contributed by atoms with van der Waals surface area (Å²) in [5, 5.41) is -2.89. The van der Waals surface area contributed by atoms with Crippen molar-refractivity contribution in [3.05, 3.63) is 68.7 Å². The Morgan fingerprint density at radius 1 is 0.577 bits per heavy atom. The van der Waals surface area contributed by atoms with E-state index in [0.717, 1.165) is 6.07 Å². The number of halogens is 4. The maximum Gasteiger partial charge on any atom is 0.293 e. The summed E-state index contributed by atoms with van der Waals surface area (Å²) < 4.78 is 0. The Kier molecular flexibility index (Phi) is 6.31. The van der Waals surface area contributed by atoms with Crippen molar-refractivity contribution in [3.63, 3.8) is 0 Å². The van der Waals surface area contributed by atoms with Gasteiger partial charge in [-0.25, -0.2) is 0 Å². The van der Waals surface area contributed by atoms with Gasteiger partial charge in [-0.15, -0.1) is 0 Å². The van der Waals surface area contributed by atoms with E-state index in [9.17, 15) is 24.0 Å². The van der Waals surface area contributed by atoms with Gasteiger partial charge in [-0.1, -0.05) is 47.5 Å². The zero-order valence-corrected chi connectivity index (χ0v) is 15.5. The van der Waals surface area contributed by atoms with E-state index >= 15 is 0 Å². The number of benzene rings is 2. The van der Waals surface area contributed by atoms with Crippen LogP contribution in [0, 0.1) is 0 Å². The monoisotopic (exact) mass is 430 g/mol. The van der Waals surface area contributed by atoms with E-state index in [4.69, 9.17) is 46.4 Å². The second kappa shape index (κ2) is 8.10. The normalized spacial score (nSPS) is 10.3. The standard InChI is InChI=1S/C17H6Cl4O5/c18-11-9(5-6-10(12(11)19)15(24)17(21)26)13(22)7-1-3-8(4-2-7)14(23)16(20)25/h1-6H. The number of hydrogen-bond donors (Lipinski definition) is 0. The highest BCUT2D eigenvalue weighted by molar-refractivity contribution is 6.83. The van der Waals surface area contributed by atoms with Gasteiger partial charge in [0, 0.05) is 22.3 Å². The van der Waals surface area contributed by atoms with Crippen LogP contribution in [-0.4, -0.2) is 27.8 Å². The third-order valence-electron chi connectivity index (χ3n) is 3.34. The Bertz CT molecular complexity index is 964. The highest BCUT2D eigenvalue weighted by atomic mass is 35.5. The molecule has 0 unspecified atom stereocenters. The Labute approximate surface area is 166 Å². The van der Waals surface area contributed by atoms with E-state index in [0.29, 0.717) is 0 Å². The molecule has 0 saturated carbocycles. The number of carbonyl (C=O) groups is 5. The van der Waals surface area contributed by atoms with Gasteiger partial charge in [0.1, 0.15) is 0 Å². The van der Waals surface area contributed by atoms with Crippen LogP contribution >= 0.6 is 46.4 Å². The predicted octanol–water partition coefficient (Wildman–Crippen LogP) is 4.12. The van der Waals surface area contributed by atoms with E-state index in [2.05, 4.69) is 0 Å². The van der Waals surface area contributed by atoms with Gasteiger partial charge < -0.3 is 0 Å². The lowest BCUT2D eigenvalue weighted by Crippen LogP contribution is -2.11. The third-order valence-corrected chi connectivity index (χ3v) is 4.56. The topological polar surface area (TPSA) is 85.3 Å². The number of hydrogen-bond acceptors (Lipinski definition) is 5. The van der Waals surface area contributed by atoms with Crippen LogP contribution < -0.4 is 0 Å². The molecule has 0 bridgehead atoms. The molecule has 0 saturated heterocycles. The summed E-state index contributed by atoms with van der Waals surface area (Å²) in [5.41, 5.74) is -0.0844. The first-order valence-corrected chi connectivity index (χ1v) is 8.27. The summed E-state index contributed by atoms with van der Waals surface area (Å²) in [6, 6.07) is 7.52. The van der Waals surface area contributed by atoms with E-state index < -0.39 is 27.8 Å². The molecule has 26 heavy (non-hydrogen) atoms. The molecule has 0 amide bonds. The summed E-state index contributed by atoms with van der Waals surface area (Å²) in [6.07, 6.45) is 0. The van der Waals surface area contributed by atoms with Gasteiger partial charge in [-0.05, 0) is 35.3 Å². The average Bonchev–Trinajstić information content (AvgIpc) is 2.62. The molecule has 0 aliphatic heterocycles. The molecule has 9 heteroatoms. The minimum absolute atomic E-state index is 0.0206. The van der Waals surface area contributed by atoms with Crippen LogP contribution in [0.4, 0.5) is 0 Å². The lowest BCUT2D eigenvalue weighted by atomic mass is 9.99. The molecular formula is C17H6Cl4O5. The van der Waals surface area contributed by atoms with E-state index in [1.807, 2.05) is 0 Å². The zero-order chi connectivity index (χ0) is 19.6. The Morgan fingerprint density at radius 2 is 1.00 bits per heavy atom. The van der Waals surface area contributed by atoms with E-state index in [1.54, 1.807) is 0 Å². The second-order valence-electron chi connectivity index (χ2n) is 4.90. The molecule has 0 fully saturated rings. The maximum atomic E-state index is 12.6. The Hall–Kier alpha value is -2.05. The molecule has 5 nitrogen and oxygen atoms in total. The fraction of sp³-hybridized carbons (Fsp3) is 0. The molecule has 132 valence electrons. The molecule has 2 aromatic carbocycles. The van der Waals surface area contributed by atoms with Gasteiger partial charge in [0.15, 0.2) is 5.78 Å². The first kappa shape index (κ1) is 20.3. The van der Waals surface area contributed by atoms with Crippen molar-refractivity contribution in [2.24, 2.45) is 0 Å². The molecule has 0 aliphatic rings. The van der Waals surface area contributed by atoms with Gasteiger partial charge in [0.2, 0.25) is 11.6 Å². The van der Waals surface area contributed by atoms with Gasteiger partial charge in [-0.3, -0.25) is 24.0 Å². The molecule has 0 N–H and O–H groups in total. The van der Waals surface area contributed by atoms with Crippen LogP contribution in [0.1, 0.15) is 36.6 Å². The van der Waals surface area contributed by atoms with Crippen molar-refractivity contribution in [3.8, 4) is 0 Å². The van der Waals surface area contributed by atoms with Crippen LogP contribution in [0.3, 0.4) is 0 Å². The first-order valence-electron chi connectivity index (χ1n) is 6.76. The molecule has 0 heterocycles. The summed E-state index contributed by atoms with van der Waals surface area (Å²) in [5.74, 6) is -2.50. The summed E-state index contributed by atoms with van der Waals surface area (Å²) in [7, 11) is 0. The predicted molar refractivity (Wildman–Crippen MR) is 96.7 cm³/mol. The maximum absolute atomic E-state index is 12.6. The van der Waals surface area contributed by atoms with Crippen molar-refractivity contribution < 1.29 is 24.0 Å². The lowest BCUT2D eigenvalue weighted by molar-refractivity contribution is -0.108. The number of ketones is 3. The van der Waals surface area contributed by atoms with Crippen LogP contribution in [0.25, 0.3) is 0 Å². The molecule has 2 aromatic rings. The van der Waals surface area contributed by atoms with Crippen LogP contribution in [0.2, 0.25) is 10.0 Å². The fourth-order valence-electron chi connectivity index (χ4n) is 2.05. The SMILES string of the molecule is O=C(Cl)C(=O)c1ccc(C(=O)c2ccc(C(=O)C(=O)Cl)c(Cl)c2Cl)cc1. The van der Waals surface area contributed by atoms with E-state index in [1.165, 1.54) is 30.3 Å². The molecule has 2 rings (SSSR count). The largest absolute Gasteiger partial charge is 0.293 e. The molecule has 0 aliphatic carbocycles. The highest BCUT2D eigenvalue weighted by Crippen LogP contribution is 2.31. The van der Waals surface area contributed by atoms with Crippen molar-refractivity contribution >= 4 is 74.2 Å². The molecule has 0 aromatic heterocycles. The van der Waals surface area contributed by atoms with Crippen molar-refractivity contribution in [1.29, 1.82) is 0 Å². The van der Waals surface area contributed by atoms with Gasteiger partial charge >= 0.3 is 0 Å². The zero-order valence-electron chi connectivity index (χ0n) is 12.5. The molecule has 0 radical (unpaired) electrons.